The summed E-state index contributed by atoms with van der Waals surface area (Å²) in [5.74, 6) is 0.286. The fourth-order valence-electron chi connectivity index (χ4n) is 1.99. The summed E-state index contributed by atoms with van der Waals surface area (Å²) in [4.78, 5) is 29.8. The number of morpholine rings is 1. The fraction of sp³-hybridized carbons (Fsp3) is 0.667. The number of ether oxygens (including phenoxy) is 1. The molecule has 2 heterocycles. The van der Waals surface area contributed by atoms with E-state index in [9.17, 15) is 9.59 Å². The maximum absolute atomic E-state index is 12.4. The molecule has 2 amide bonds. The topological polar surface area (TPSA) is 100 Å². The van der Waals surface area contributed by atoms with Crippen LogP contribution in [-0.2, 0) is 9.53 Å². The predicted molar refractivity (Wildman–Crippen MR) is 70.2 cm³/mol. The van der Waals surface area contributed by atoms with E-state index in [1.807, 2.05) is 13.8 Å². The number of nitrogens with one attached hydrogen (secondary N) is 2. The number of H-pyrrole nitrogens is 1. The summed E-state index contributed by atoms with van der Waals surface area (Å²) in [6.07, 6.45) is 0. The number of hydrogen-bond donors (Lipinski definition) is 2. The molecular weight excluding hydrogens is 262 g/mol. The van der Waals surface area contributed by atoms with Crippen molar-refractivity contribution in [3.8, 4) is 0 Å². The molecule has 2 N–H and O–H groups in total. The number of amides is 2. The van der Waals surface area contributed by atoms with E-state index >= 15 is 0 Å². The minimum absolute atomic E-state index is 0.0875. The molecule has 1 fully saturated rings. The van der Waals surface area contributed by atoms with E-state index in [2.05, 4.69) is 20.5 Å². The summed E-state index contributed by atoms with van der Waals surface area (Å²) in [5, 5.41) is 9.21. The molecule has 0 radical (unpaired) electrons. The maximum Gasteiger partial charge on any atom is 0.294 e. The molecule has 1 saturated heterocycles. The van der Waals surface area contributed by atoms with Gasteiger partial charge in [0.15, 0.2) is 0 Å². The number of carbonyl (C=O) groups is 2. The van der Waals surface area contributed by atoms with Gasteiger partial charge in [-0.05, 0) is 0 Å². The van der Waals surface area contributed by atoms with Crippen molar-refractivity contribution in [2.75, 3.05) is 26.8 Å². The van der Waals surface area contributed by atoms with Crippen LogP contribution in [0.25, 0.3) is 0 Å². The van der Waals surface area contributed by atoms with Crippen LogP contribution in [-0.4, -0.2) is 64.7 Å². The van der Waals surface area contributed by atoms with Gasteiger partial charge in [-0.1, -0.05) is 13.8 Å². The van der Waals surface area contributed by atoms with Crippen LogP contribution < -0.4 is 5.32 Å². The average molecular weight is 281 g/mol. The third-order valence-electron chi connectivity index (χ3n) is 3.18. The van der Waals surface area contributed by atoms with Gasteiger partial charge in [0, 0.05) is 19.5 Å². The van der Waals surface area contributed by atoms with Gasteiger partial charge >= 0.3 is 0 Å². The molecule has 1 aliphatic rings. The molecular formula is C12H19N5O3. The van der Waals surface area contributed by atoms with Gasteiger partial charge in [-0.2, -0.15) is 0 Å². The summed E-state index contributed by atoms with van der Waals surface area (Å²) in [7, 11) is 1.53. The van der Waals surface area contributed by atoms with Crippen LogP contribution in [0.5, 0.6) is 0 Å². The first-order chi connectivity index (χ1) is 9.54. The van der Waals surface area contributed by atoms with Gasteiger partial charge in [0.05, 0.1) is 13.2 Å². The van der Waals surface area contributed by atoms with E-state index < -0.39 is 6.04 Å². The fourth-order valence-corrected chi connectivity index (χ4v) is 1.99. The van der Waals surface area contributed by atoms with Crippen molar-refractivity contribution in [1.82, 2.24) is 25.4 Å². The van der Waals surface area contributed by atoms with Crippen molar-refractivity contribution in [3.05, 3.63) is 11.6 Å². The highest BCUT2D eigenvalue weighted by atomic mass is 16.5. The highest BCUT2D eigenvalue weighted by molar-refractivity contribution is 5.95. The molecule has 20 heavy (non-hydrogen) atoms. The lowest BCUT2D eigenvalue weighted by molar-refractivity contribution is -0.130. The van der Waals surface area contributed by atoms with Crippen LogP contribution in [0.2, 0.25) is 0 Å². The first kappa shape index (κ1) is 14.4. The highest BCUT2D eigenvalue weighted by Gasteiger charge is 2.34. The van der Waals surface area contributed by atoms with E-state index in [0.717, 1.165) is 0 Å². The molecule has 0 aromatic carbocycles. The van der Waals surface area contributed by atoms with Gasteiger partial charge < -0.3 is 15.0 Å². The second-order valence-corrected chi connectivity index (χ2v) is 4.90. The lowest BCUT2D eigenvalue weighted by Crippen LogP contribution is -2.55. The Morgan fingerprint density at radius 2 is 2.25 bits per heavy atom. The molecule has 8 nitrogen and oxygen atoms in total. The van der Waals surface area contributed by atoms with E-state index in [0.29, 0.717) is 19.0 Å². The molecule has 8 heteroatoms. The predicted octanol–water partition coefficient (Wildman–Crippen LogP) is -0.485. The second kappa shape index (κ2) is 6.00. The smallest absolute Gasteiger partial charge is 0.294 e. The van der Waals surface area contributed by atoms with Crippen LogP contribution >= 0.6 is 0 Å². The molecule has 2 rings (SSSR count). The van der Waals surface area contributed by atoms with E-state index in [1.54, 1.807) is 0 Å². The average Bonchev–Trinajstić information content (AvgIpc) is 2.95. The van der Waals surface area contributed by atoms with Gasteiger partial charge in [-0.3, -0.25) is 14.7 Å². The molecule has 0 saturated carbocycles. The number of likely N-dealkylation sites (N-methyl/N-ethyl adjacent to an activating group) is 1. The van der Waals surface area contributed by atoms with Crippen molar-refractivity contribution >= 4 is 11.8 Å². The van der Waals surface area contributed by atoms with Crippen molar-refractivity contribution in [3.63, 3.8) is 0 Å². The van der Waals surface area contributed by atoms with Gasteiger partial charge in [0.2, 0.25) is 11.7 Å². The molecule has 0 aliphatic carbocycles. The molecule has 110 valence electrons. The summed E-state index contributed by atoms with van der Waals surface area (Å²) >= 11 is 0. The molecule has 1 aromatic rings. The number of nitrogens with zero attached hydrogens (tertiary/aromatic N) is 3. The monoisotopic (exact) mass is 281 g/mol. The van der Waals surface area contributed by atoms with Gasteiger partial charge in [0.25, 0.3) is 5.91 Å². The summed E-state index contributed by atoms with van der Waals surface area (Å²) in [6, 6.07) is -0.637. The summed E-state index contributed by atoms with van der Waals surface area (Å²) in [5.41, 5.74) is 0. The quantitative estimate of drug-likeness (QED) is 0.779. The van der Waals surface area contributed by atoms with Crippen LogP contribution in [0, 0.1) is 0 Å². The first-order valence-corrected chi connectivity index (χ1v) is 6.57. The molecule has 1 aromatic heterocycles. The van der Waals surface area contributed by atoms with Crippen LogP contribution in [0.15, 0.2) is 0 Å². The van der Waals surface area contributed by atoms with E-state index in [1.165, 1.54) is 11.9 Å². The SMILES string of the molecule is CNC(=O)C1COCCN1C(=O)c1n[nH]c(C(C)C)n1. The summed E-state index contributed by atoms with van der Waals surface area (Å²) < 4.78 is 5.26. The third kappa shape index (κ3) is 2.79. The Labute approximate surface area is 116 Å². The Morgan fingerprint density at radius 1 is 1.50 bits per heavy atom. The molecule has 1 atom stereocenters. The largest absolute Gasteiger partial charge is 0.377 e. The number of aromatic nitrogens is 3. The van der Waals surface area contributed by atoms with Crippen LogP contribution in [0.4, 0.5) is 0 Å². The maximum atomic E-state index is 12.4. The highest BCUT2D eigenvalue weighted by Crippen LogP contribution is 2.13. The van der Waals surface area contributed by atoms with Crippen molar-refractivity contribution < 1.29 is 14.3 Å². The van der Waals surface area contributed by atoms with Gasteiger partial charge in [-0.15, -0.1) is 5.10 Å². The molecule has 0 spiro atoms. The Kier molecular flexibility index (Phi) is 4.33. The lowest BCUT2D eigenvalue weighted by Gasteiger charge is -2.33. The van der Waals surface area contributed by atoms with E-state index in [-0.39, 0.29) is 30.2 Å². The van der Waals surface area contributed by atoms with Crippen molar-refractivity contribution in [2.24, 2.45) is 0 Å². The minimum atomic E-state index is -0.637. The molecule has 1 aliphatic heterocycles. The molecule has 0 bridgehead atoms. The zero-order valence-corrected chi connectivity index (χ0v) is 11.8. The van der Waals surface area contributed by atoms with E-state index in [4.69, 9.17) is 4.74 Å². The zero-order valence-electron chi connectivity index (χ0n) is 11.8. The Bertz CT molecular complexity index is 499. The standard InChI is InChI=1S/C12H19N5O3/c1-7(2)9-14-10(16-15-9)12(19)17-4-5-20-6-8(17)11(18)13-3/h7-8H,4-6H2,1-3H3,(H,13,18)(H,14,15,16). The Balaban J connectivity index is 2.18. The third-order valence-corrected chi connectivity index (χ3v) is 3.18. The normalized spacial score (nSPS) is 19.2. The second-order valence-electron chi connectivity index (χ2n) is 4.90. The van der Waals surface area contributed by atoms with Crippen molar-refractivity contribution in [1.29, 1.82) is 0 Å². The number of carbonyl (C=O) groups excluding carboxylic acids is 2. The van der Waals surface area contributed by atoms with Crippen LogP contribution in [0.3, 0.4) is 0 Å². The first-order valence-electron chi connectivity index (χ1n) is 6.57. The molecule has 1 unspecified atom stereocenters. The minimum Gasteiger partial charge on any atom is -0.377 e. The van der Waals surface area contributed by atoms with Crippen molar-refractivity contribution in [2.45, 2.75) is 25.8 Å². The number of rotatable bonds is 3. The summed E-state index contributed by atoms with van der Waals surface area (Å²) in [6.45, 7) is 4.85. The number of hydrogen-bond acceptors (Lipinski definition) is 5. The van der Waals surface area contributed by atoms with Gasteiger partial charge in [-0.25, -0.2) is 4.98 Å². The lowest BCUT2D eigenvalue weighted by atomic mass is 10.2. The Hall–Kier alpha value is -1.96. The number of aromatic amines is 1. The van der Waals surface area contributed by atoms with Crippen LogP contribution in [0.1, 0.15) is 36.2 Å². The van der Waals surface area contributed by atoms with Gasteiger partial charge in [0.1, 0.15) is 11.9 Å². The zero-order chi connectivity index (χ0) is 14.7. The Morgan fingerprint density at radius 3 is 2.85 bits per heavy atom.